The molecule has 0 saturated carbocycles. The summed E-state index contributed by atoms with van der Waals surface area (Å²) in [5.74, 6) is 1.83. The second-order valence-corrected chi connectivity index (χ2v) is 3.08. The van der Waals surface area contributed by atoms with Crippen molar-refractivity contribution in [2.45, 2.75) is 6.92 Å². The summed E-state index contributed by atoms with van der Waals surface area (Å²) in [5.41, 5.74) is 1.12. The van der Waals surface area contributed by atoms with E-state index in [0.29, 0.717) is 0 Å². The van der Waals surface area contributed by atoms with E-state index in [1.807, 2.05) is 20.2 Å². The lowest BCUT2D eigenvalue weighted by Gasteiger charge is -2.07. The van der Waals surface area contributed by atoms with Crippen LogP contribution in [-0.4, -0.2) is 28.8 Å². The molecule has 13 heavy (non-hydrogen) atoms. The van der Waals surface area contributed by atoms with Gasteiger partial charge in [-0.1, -0.05) is 0 Å². The average molecular weight is 179 g/mol. The Morgan fingerprint density at radius 1 is 1.62 bits per heavy atom. The first-order valence-corrected chi connectivity index (χ1v) is 4.31. The quantitative estimate of drug-likeness (QED) is 0.643. The van der Waals surface area contributed by atoms with Crippen molar-refractivity contribution in [3.05, 3.63) is 11.8 Å². The van der Waals surface area contributed by atoms with Gasteiger partial charge in [0.1, 0.15) is 5.82 Å². The zero-order valence-electron chi connectivity index (χ0n) is 7.83. The molecule has 5 nitrogen and oxygen atoms in total. The lowest BCUT2D eigenvalue weighted by molar-refractivity contribution is 0.776. The van der Waals surface area contributed by atoms with Crippen LogP contribution in [0.3, 0.4) is 0 Å². The van der Waals surface area contributed by atoms with E-state index in [2.05, 4.69) is 20.7 Å². The molecule has 2 rings (SSSR count). The van der Waals surface area contributed by atoms with Crippen molar-refractivity contribution in [3.8, 4) is 0 Å². The minimum atomic E-state index is 0.840. The van der Waals surface area contributed by atoms with E-state index in [1.165, 1.54) is 0 Å². The normalized spacial score (nSPS) is 15.4. The number of guanidine groups is 1. The molecule has 1 aromatic rings. The number of anilines is 1. The second kappa shape index (κ2) is 3.08. The van der Waals surface area contributed by atoms with Crippen molar-refractivity contribution in [2.24, 2.45) is 12.0 Å². The van der Waals surface area contributed by atoms with Gasteiger partial charge in [0.25, 0.3) is 0 Å². The Hall–Kier alpha value is -1.52. The molecule has 0 spiro atoms. The maximum absolute atomic E-state index is 4.25. The van der Waals surface area contributed by atoms with Gasteiger partial charge < -0.3 is 10.6 Å². The number of rotatable bonds is 1. The van der Waals surface area contributed by atoms with Crippen LogP contribution in [0, 0.1) is 6.92 Å². The summed E-state index contributed by atoms with van der Waals surface area (Å²) in [4.78, 5) is 4.25. The first-order chi connectivity index (χ1) is 6.27. The van der Waals surface area contributed by atoms with Crippen molar-refractivity contribution in [3.63, 3.8) is 0 Å². The van der Waals surface area contributed by atoms with Crippen LogP contribution in [0.1, 0.15) is 5.56 Å². The molecule has 0 bridgehead atoms. The van der Waals surface area contributed by atoms with E-state index in [-0.39, 0.29) is 0 Å². The summed E-state index contributed by atoms with van der Waals surface area (Å²) in [6.07, 6.45) is 1.83. The molecule has 1 aliphatic heterocycles. The predicted molar refractivity (Wildman–Crippen MR) is 51.9 cm³/mol. The number of hydrogen-bond donors (Lipinski definition) is 2. The van der Waals surface area contributed by atoms with Crippen LogP contribution in [-0.2, 0) is 7.05 Å². The standard InChI is InChI=1S/C8H13N5/c1-6-5-11-13(2)7(6)12-8-9-3-4-10-8/h5H,3-4H2,1-2H3,(H2,9,10,12). The maximum Gasteiger partial charge on any atom is 0.197 e. The highest BCUT2D eigenvalue weighted by Gasteiger charge is 2.09. The highest BCUT2D eigenvalue weighted by atomic mass is 15.3. The predicted octanol–water partition coefficient (Wildman–Crippen LogP) is 0.0996. The van der Waals surface area contributed by atoms with Gasteiger partial charge >= 0.3 is 0 Å². The van der Waals surface area contributed by atoms with E-state index in [9.17, 15) is 0 Å². The fraction of sp³-hybridized carbons (Fsp3) is 0.500. The number of nitrogens with one attached hydrogen (secondary N) is 2. The molecule has 0 aliphatic carbocycles. The van der Waals surface area contributed by atoms with Crippen molar-refractivity contribution in [1.29, 1.82) is 0 Å². The number of hydrogen-bond acceptors (Lipinski definition) is 4. The summed E-state index contributed by atoms with van der Waals surface area (Å²) < 4.78 is 1.80. The molecule has 0 radical (unpaired) electrons. The maximum atomic E-state index is 4.25. The van der Waals surface area contributed by atoms with E-state index in [0.717, 1.165) is 30.4 Å². The van der Waals surface area contributed by atoms with Gasteiger partial charge in [-0.2, -0.15) is 5.10 Å². The summed E-state index contributed by atoms with van der Waals surface area (Å²) in [5, 5.41) is 10.5. The van der Waals surface area contributed by atoms with E-state index >= 15 is 0 Å². The van der Waals surface area contributed by atoms with Crippen molar-refractivity contribution in [2.75, 3.05) is 18.4 Å². The summed E-state index contributed by atoms with van der Waals surface area (Å²) in [6, 6.07) is 0. The van der Waals surface area contributed by atoms with Gasteiger partial charge in [0.2, 0.25) is 0 Å². The van der Waals surface area contributed by atoms with Crippen molar-refractivity contribution < 1.29 is 0 Å². The molecule has 2 N–H and O–H groups in total. The van der Waals surface area contributed by atoms with Gasteiger partial charge in [0, 0.05) is 19.2 Å². The van der Waals surface area contributed by atoms with Gasteiger partial charge in [0.05, 0.1) is 12.7 Å². The van der Waals surface area contributed by atoms with Crippen molar-refractivity contribution in [1.82, 2.24) is 15.1 Å². The second-order valence-electron chi connectivity index (χ2n) is 3.08. The van der Waals surface area contributed by atoms with Crippen LogP contribution in [0.4, 0.5) is 5.82 Å². The van der Waals surface area contributed by atoms with Crippen LogP contribution >= 0.6 is 0 Å². The average Bonchev–Trinajstić information content (AvgIpc) is 2.70. The molecule has 0 amide bonds. The number of nitrogens with zero attached hydrogens (tertiary/aromatic N) is 3. The third kappa shape index (κ3) is 1.49. The molecule has 0 atom stereocenters. The summed E-state index contributed by atoms with van der Waals surface area (Å²) >= 11 is 0. The van der Waals surface area contributed by atoms with E-state index < -0.39 is 0 Å². The van der Waals surface area contributed by atoms with Gasteiger partial charge in [-0.25, -0.2) is 0 Å². The molecule has 1 aliphatic rings. The van der Waals surface area contributed by atoms with Gasteiger partial charge in [0.15, 0.2) is 5.96 Å². The zero-order valence-corrected chi connectivity index (χ0v) is 7.83. The van der Waals surface area contributed by atoms with E-state index in [4.69, 9.17) is 0 Å². The Balaban J connectivity index is 2.16. The largest absolute Gasteiger partial charge is 0.354 e. The number of aliphatic imine (C=N–C) groups is 1. The molecule has 0 aromatic carbocycles. The molecular weight excluding hydrogens is 166 g/mol. The van der Waals surface area contributed by atoms with Gasteiger partial charge in [-0.05, 0) is 6.92 Å². The molecule has 0 fully saturated rings. The first kappa shape index (κ1) is 8.10. The minimum Gasteiger partial charge on any atom is -0.354 e. The molecule has 2 heterocycles. The molecule has 5 heteroatoms. The van der Waals surface area contributed by atoms with Crippen molar-refractivity contribution >= 4 is 11.8 Å². The van der Waals surface area contributed by atoms with E-state index in [1.54, 1.807) is 4.68 Å². The molecule has 0 saturated heterocycles. The summed E-state index contributed by atoms with van der Waals surface area (Å²) in [6.45, 7) is 3.78. The highest BCUT2D eigenvalue weighted by molar-refractivity contribution is 5.94. The van der Waals surface area contributed by atoms with Gasteiger partial charge in [-0.15, -0.1) is 0 Å². The van der Waals surface area contributed by atoms with Crippen LogP contribution in [0.5, 0.6) is 0 Å². The Kier molecular flexibility index (Phi) is 1.92. The highest BCUT2D eigenvalue weighted by Crippen LogP contribution is 2.11. The molecule has 1 aromatic heterocycles. The lowest BCUT2D eigenvalue weighted by Crippen LogP contribution is -2.27. The monoisotopic (exact) mass is 179 g/mol. The Morgan fingerprint density at radius 2 is 2.46 bits per heavy atom. The third-order valence-corrected chi connectivity index (χ3v) is 2.03. The SMILES string of the molecule is Cc1cnn(C)c1NC1=NCCN1. The number of aromatic nitrogens is 2. The zero-order chi connectivity index (χ0) is 9.26. The van der Waals surface area contributed by atoms with Gasteiger partial charge in [-0.3, -0.25) is 9.67 Å². The van der Waals surface area contributed by atoms with Crippen LogP contribution in [0.2, 0.25) is 0 Å². The fourth-order valence-corrected chi connectivity index (χ4v) is 1.32. The third-order valence-electron chi connectivity index (χ3n) is 2.03. The Morgan fingerprint density at radius 3 is 3.00 bits per heavy atom. The first-order valence-electron chi connectivity index (χ1n) is 4.31. The Labute approximate surface area is 76.9 Å². The van der Waals surface area contributed by atoms with Crippen LogP contribution in [0.25, 0.3) is 0 Å². The van der Waals surface area contributed by atoms with Crippen LogP contribution < -0.4 is 10.6 Å². The minimum absolute atomic E-state index is 0.840. The van der Waals surface area contributed by atoms with Crippen LogP contribution in [0.15, 0.2) is 11.2 Å². The number of aryl methyl sites for hydroxylation is 2. The molecular formula is C8H13N5. The topological polar surface area (TPSA) is 54.2 Å². The summed E-state index contributed by atoms with van der Waals surface area (Å²) in [7, 11) is 1.91. The fourth-order valence-electron chi connectivity index (χ4n) is 1.32. The molecule has 0 unspecified atom stereocenters. The Bertz CT molecular complexity index is 319. The lowest BCUT2D eigenvalue weighted by atomic mass is 10.4. The molecule has 70 valence electrons. The smallest absolute Gasteiger partial charge is 0.197 e.